The normalized spacial score (nSPS) is 23.6. The summed E-state index contributed by atoms with van der Waals surface area (Å²) >= 11 is 12.4. The van der Waals surface area contributed by atoms with Crippen molar-refractivity contribution in [1.82, 2.24) is 5.43 Å². The SMILES string of the molecule is CC1(C)CCCCC1C(Cc1cc(Cl)ccc1Cl)NN. The van der Waals surface area contributed by atoms with E-state index in [-0.39, 0.29) is 6.04 Å². The molecule has 20 heavy (non-hydrogen) atoms. The van der Waals surface area contributed by atoms with Crippen molar-refractivity contribution in [2.24, 2.45) is 17.2 Å². The summed E-state index contributed by atoms with van der Waals surface area (Å²) in [7, 11) is 0. The number of hydrazine groups is 1. The molecule has 112 valence electrons. The highest BCUT2D eigenvalue weighted by Gasteiger charge is 2.37. The minimum atomic E-state index is 0.237. The van der Waals surface area contributed by atoms with Crippen LogP contribution in [0.5, 0.6) is 0 Å². The molecular weight excluding hydrogens is 291 g/mol. The van der Waals surface area contributed by atoms with E-state index in [9.17, 15) is 0 Å². The Kier molecular flexibility index (Phi) is 5.36. The molecule has 4 heteroatoms. The van der Waals surface area contributed by atoms with E-state index in [1.165, 1.54) is 25.7 Å². The molecule has 1 aromatic rings. The van der Waals surface area contributed by atoms with Gasteiger partial charge in [-0.1, -0.05) is 49.9 Å². The predicted octanol–water partition coefficient (Wildman–Crippen LogP) is 4.58. The van der Waals surface area contributed by atoms with Crippen LogP contribution in [-0.2, 0) is 6.42 Å². The van der Waals surface area contributed by atoms with Gasteiger partial charge in [0.2, 0.25) is 0 Å². The molecule has 1 aromatic carbocycles. The lowest BCUT2D eigenvalue weighted by molar-refractivity contribution is 0.0982. The highest BCUT2D eigenvalue weighted by Crippen LogP contribution is 2.43. The van der Waals surface area contributed by atoms with Crippen LogP contribution in [0.25, 0.3) is 0 Å². The molecule has 2 unspecified atom stereocenters. The molecule has 1 aliphatic carbocycles. The van der Waals surface area contributed by atoms with E-state index in [0.29, 0.717) is 11.3 Å². The van der Waals surface area contributed by atoms with Gasteiger partial charge in [0.05, 0.1) is 0 Å². The van der Waals surface area contributed by atoms with Crippen molar-refractivity contribution in [1.29, 1.82) is 0 Å². The molecule has 0 aliphatic heterocycles. The predicted molar refractivity (Wildman–Crippen MR) is 87.0 cm³/mol. The zero-order valence-corrected chi connectivity index (χ0v) is 13.8. The molecule has 0 amide bonds. The van der Waals surface area contributed by atoms with Crippen LogP contribution in [0.4, 0.5) is 0 Å². The standard InChI is InChI=1S/C16H24Cl2N2/c1-16(2)8-4-3-5-13(16)15(20-19)10-11-9-12(17)6-7-14(11)18/h6-7,9,13,15,20H,3-5,8,10,19H2,1-2H3. The van der Waals surface area contributed by atoms with E-state index in [1.807, 2.05) is 18.2 Å². The van der Waals surface area contributed by atoms with Gasteiger partial charge in [-0.3, -0.25) is 11.3 Å². The molecule has 0 bridgehead atoms. The van der Waals surface area contributed by atoms with E-state index in [2.05, 4.69) is 19.3 Å². The lowest BCUT2D eigenvalue weighted by Gasteiger charge is -2.43. The average Bonchev–Trinajstić information content (AvgIpc) is 2.40. The van der Waals surface area contributed by atoms with Crippen LogP contribution in [0.15, 0.2) is 18.2 Å². The largest absolute Gasteiger partial charge is 0.271 e. The number of rotatable bonds is 4. The van der Waals surface area contributed by atoms with Crippen LogP contribution in [0.2, 0.25) is 10.0 Å². The maximum absolute atomic E-state index is 6.28. The molecular formula is C16H24Cl2N2. The van der Waals surface area contributed by atoms with Gasteiger partial charge in [-0.2, -0.15) is 0 Å². The quantitative estimate of drug-likeness (QED) is 0.630. The summed E-state index contributed by atoms with van der Waals surface area (Å²) in [6.07, 6.45) is 5.91. The van der Waals surface area contributed by atoms with Crippen LogP contribution in [-0.4, -0.2) is 6.04 Å². The molecule has 0 saturated heterocycles. The van der Waals surface area contributed by atoms with Crippen LogP contribution in [0.3, 0.4) is 0 Å². The van der Waals surface area contributed by atoms with Gasteiger partial charge in [0.25, 0.3) is 0 Å². The van der Waals surface area contributed by atoms with Crippen molar-refractivity contribution in [2.75, 3.05) is 0 Å². The van der Waals surface area contributed by atoms with Crippen LogP contribution in [0, 0.1) is 11.3 Å². The second-order valence-electron chi connectivity index (χ2n) is 6.55. The topological polar surface area (TPSA) is 38.0 Å². The van der Waals surface area contributed by atoms with Crippen molar-refractivity contribution < 1.29 is 0 Å². The van der Waals surface area contributed by atoms with Gasteiger partial charge in [0.1, 0.15) is 0 Å². The maximum atomic E-state index is 6.28. The zero-order chi connectivity index (χ0) is 14.8. The molecule has 0 aromatic heterocycles. The first-order valence-electron chi connectivity index (χ1n) is 7.34. The molecule has 2 rings (SSSR count). The Bertz CT molecular complexity index is 460. The van der Waals surface area contributed by atoms with Gasteiger partial charge < -0.3 is 0 Å². The minimum absolute atomic E-state index is 0.237. The first-order chi connectivity index (χ1) is 9.44. The van der Waals surface area contributed by atoms with Gasteiger partial charge in [0.15, 0.2) is 0 Å². The zero-order valence-electron chi connectivity index (χ0n) is 12.3. The number of halogens is 2. The summed E-state index contributed by atoms with van der Waals surface area (Å²) in [5.74, 6) is 6.40. The molecule has 1 aliphatic rings. The Hall–Kier alpha value is -0.280. The van der Waals surface area contributed by atoms with Crippen molar-refractivity contribution in [2.45, 2.75) is 52.0 Å². The molecule has 2 atom stereocenters. The summed E-state index contributed by atoms with van der Waals surface area (Å²) in [6, 6.07) is 5.87. The third-order valence-electron chi connectivity index (χ3n) is 4.74. The number of benzene rings is 1. The Balaban J connectivity index is 2.18. The van der Waals surface area contributed by atoms with E-state index in [0.717, 1.165) is 22.0 Å². The summed E-state index contributed by atoms with van der Waals surface area (Å²) in [5, 5.41) is 1.49. The van der Waals surface area contributed by atoms with Crippen LogP contribution < -0.4 is 11.3 Å². The first kappa shape index (κ1) is 16.1. The Morgan fingerprint density at radius 2 is 2.10 bits per heavy atom. The van der Waals surface area contributed by atoms with E-state index < -0.39 is 0 Å². The molecule has 0 radical (unpaired) electrons. The number of hydrogen-bond acceptors (Lipinski definition) is 2. The second kappa shape index (κ2) is 6.65. The number of nitrogens with one attached hydrogen (secondary N) is 1. The Morgan fingerprint density at radius 3 is 2.75 bits per heavy atom. The summed E-state index contributed by atoms with van der Waals surface area (Å²) in [4.78, 5) is 0. The summed E-state index contributed by atoms with van der Waals surface area (Å²) in [6.45, 7) is 4.70. The fraction of sp³-hybridized carbons (Fsp3) is 0.625. The fourth-order valence-electron chi connectivity index (χ4n) is 3.52. The highest BCUT2D eigenvalue weighted by atomic mass is 35.5. The Labute approximate surface area is 132 Å². The van der Waals surface area contributed by atoms with Crippen molar-refractivity contribution >= 4 is 23.2 Å². The Morgan fingerprint density at radius 1 is 1.35 bits per heavy atom. The third-order valence-corrected chi connectivity index (χ3v) is 5.34. The molecule has 0 heterocycles. The lowest BCUT2D eigenvalue weighted by Crippen LogP contribution is -2.48. The summed E-state index contributed by atoms with van der Waals surface area (Å²) < 4.78 is 0. The van der Waals surface area contributed by atoms with Crippen molar-refractivity contribution in [3.63, 3.8) is 0 Å². The molecule has 1 fully saturated rings. The van der Waals surface area contributed by atoms with E-state index in [1.54, 1.807) is 0 Å². The van der Waals surface area contributed by atoms with Gasteiger partial charge in [-0.05, 0) is 54.4 Å². The molecule has 3 N–H and O–H groups in total. The van der Waals surface area contributed by atoms with Gasteiger partial charge in [0, 0.05) is 16.1 Å². The minimum Gasteiger partial charge on any atom is -0.271 e. The van der Waals surface area contributed by atoms with Gasteiger partial charge in [-0.15, -0.1) is 0 Å². The van der Waals surface area contributed by atoms with E-state index in [4.69, 9.17) is 29.0 Å². The van der Waals surface area contributed by atoms with Gasteiger partial charge in [-0.25, -0.2) is 0 Å². The number of hydrogen-bond donors (Lipinski definition) is 2. The molecule has 2 nitrogen and oxygen atoms in total. The van der Waals surface area contributed by atoms with Crippen molar-refractivity contribution in [3.05, 3.63) is 33.8 Å². The maximum Gasteiger partial charge on any atom is 0.0439 e. The smallest absolute Gasteiger partial charge is 0.0439 e. The first-order valence-corrected chi connectivity index (χ1v) is 8.09. The molecule has 0 spiro atoms. The van der Waals surface area contributed by atoms with Crippen molar-refractivity contribution in [3.8, 4) is 0 Å². The summed E-state index contributed by atoms with van der Waals surface area (Å²) in [5.41, 5.74) is 4.41. The average molecular weight is 315 g/mol. The van der Waals surface area contributed by atoms with Crippen LogP contribution >= 0.6 is 23.2 Å². The number of nitrogens with two attached hydrogens (primary N) is 1. The fourth-order valence-corrected chi connectivity index (χ4v) is 3.91. The monoisotopic (exact) mass is 314 g/mol. The highest BCUT2D eigenvalue weighted by molar-refractivity contribution is 6.33. The van der Waals surface area contributed by atoms with E-state index >= 15 is 0 Å². The third kappa shape index (κ3) is 3.67. The lowest BCUT2D eigenvalue weighted by atomic mass is 9.65. The van der Waals surface area contributed by atoms with Crippen LogP contribution in [0.1, 0.15) is 45.1 Å². The second-order valence-corrected chi connectivity index (χ2v) is 7.40. The van der Waals surface area contributed by atoms with Gasteiger partial charge >= 0.3 is 0 Å². The molecule has 1 saturated carbocycles.